The summed E-state index contributed by atoms with van der Waals surface area (Å²) in [6, 6.07) is 8.23. The van der Waals surface area contributed by atoms with Crippen molar-refractivity contribution in [3.8, 4) is 5.75 Å². The molecule has 6 nitrogen and oxygen atoms in total. The first-order valence-corrected chi connectivity index (χ1v) is 8.25. The lowest BCUT2D eigenvalue weighted by molar-refractivity contribution is -0.120. The van der Waals surface area contributed by atoms with Crippen LogP contribution in [0.5, 0.6) is 5.75 Å². The van der Waals surface area contributed by atoms with Crippen LogP contribution in [-0.4, -0.2) is 37.6 Å². The van der Waals surface area contributed by atoms with Gasteiger partial charge < -0.3 is 20.7 Å². The highest BCUT2D eigenvalue weighted by Crippen LogP contribution is 2.19. The van der Waals surface area contributed by atoms with E-state index in [-0.39, 0.29) is 12.5 Å². The fourth-order valence-corrected chi connectivity index (χ4v) is 2.11. The van der Waals surface area contributed by atoms with Crippen molar-refractivity contribution in [3.63, 3.8) is 0 Å². The predicted molar refractivity (Wildman–Crippen MR) is 91.6 cm³/mol. The van der Waals surface area contributed by atoms with Gasteiger partial charge in [0.2, 0.25) is 5.91 Å². The van der Waals surface area contributed by atoms with Gasteiger partial charge in [-0.15, -0.1) is 0 Å². The minimum atomic E-state index is 0.00724. The van der Waals surface area contributed by atoms with E-state index in [4.69, 9.17) is 4.74 Å². The Labute approximate surface area is 137 Å². The van der Waals surface area contributed by atoms with Gasteiger partial charge >= 0.3 is 0 Å². The Balaban J connectivity index is 1.90. The van der Waals surface area contributed by atoms with Crippen LogP contribution in [0.15, 0.2) is 29.3 Å². The molecule has 0 aliphatic heterocycles. The third-order valence-corrected chi connectivity index (χ3v) is 3.38. The van der Waals surface area contributed by atoms with Crippen LogP contribution in [0.25, 0.3) is 0 Å². The number of para-hydroxylation sites is 1. The predicted octanol–water partition coefficient (Wildman–Crippen LogP) is 1.42. The van der Waals surface area contributed by atoms with Crippen LogP contribution in [0.4, 0.5) is 0 Å². The quantitative estimate of drug-likeness (QED) is 0.500. The molecule has 0 unspecified atom stereocenters. The van der Waals surface area contributed by atoms with Gasteiger partial charge in [-0.2, -0.15) is 0 Å². The molecule has 2 rings (SSSR count). The molecule has 0 radical (unpaired) electrons. The van der Waals surface area contributed by atoms with Gasteiger partial charge in [0, 0.05) is 18.2 Å². The number of benzene rings is 1. The monoisotopic (exact) mass is 318 g/mol. The second-order valence-electron chi connectivity index (χ2n) is 5.43. The van der Waals surface area contributed by atoms with Crippen LogP contribution in [0, 0.1) is 0 Å². The summed E-state index contributed by atoms with van der Waals surface area (Å²) in [5.41, 5.74) is 1.02. The molecule has 1 fully saturated rings. The van der Waals surface area contributed by atoms with Gasteiger partial charge in [0.05, 0.1) is 19.7 Å². The zero-order valence-corrected chi connectivity index (χ0v) is 13.9. The lowest BCUT2D eigenvalue weighted by Gasteiger charge is -2.12. The van der Waals surface area contributed by atoms with E-state index in [0.29, 0.717) is 25.2 Å². The van der Waals surface area contributed by atoms with Gasteiger partial charge in [0.25, 0.3) is 0 Å². The molecular formula is C17H26N4O2. The van der Waals surface area contributed by atoms with E-state index in [1.165, 1.54) is 0 Å². The average Bonchev–Trinajstić information content (AvgIpc) is 3.35. The fraction of sp³-hybridized carbons (Fsp3) is 0.529. The maximum absolute atomic E-state index is 11.7. The van der Waals surface area contributed by atoms with E-state index in [0.717, 1.165) is 30.7 Å². The van der Waals surface area contributed by atoms with E-state index in [1.807, 2.05) is 38.1 Å². The van der Waals surface area contributed by atoms with Crippen molar-refractivity contribution < 1.29 is 9.53 Å². The molecule has 1 aliphatic rings. The summed E-state index contributed by atoms with van der Waals surface area (Å²) in [6.07, 6.45) is 2.18. The number of amides is 1. The molecule has 0 aromatic heterocycles. The summed E-state index contributed by atoms with van der Waals surface area (Å²) in [7, 11) is 0. The number of aliphatic imine (C=N–C) groups is 1. The highest BCUT2D eigenvalue weighted by atomic mass is 16.5. The topological polar surface area (TPSA) is 74.8 Å². The van der Waals surface area contributed by atoms with Crippen molar-refractivity contribution in [2.75, 3.05) is 19.7 Å². The largest absolute Gasteiger partial charge is 0.494 e. The lowest BCUT2D eigenvalue weighted by Crippen LogP contribution is -2.43. The summed E-state index contributed by atoms with van der Waals surface area (Å²) in [5.74, 6) is 1.48. The first kappa shape index (κ1) is 17.1. The number of rotatable bonds is 8. The summed E-state index contributed by atoms with van der Waals surface area (Å²) >= 11 is 0. The first-order valence-electron chi connectivity index (χ1n) is 8.25. The van der Waals surface area contributed by atoms with E-state index >= 15 is 0 Å². The third-order valence-electron chi connectivity index (χ3n) is 3.38. The molecule has 1 aromatic carbocycles. The van der Waals surface area contributed by atoms with Gasteiger partial charge in [-0.1, -0.05) is 18.2 Å². The van der Waals surface area contributed by atoms with Crippen molar-refractivity contribution >= 4 is 11.9 Å². The number of carbonyl (C=O) groups is 1. The Morgan fingerprint density at radius 3 is 2.74 bits per heavy atom. The van der Waals surface area contributed by atoms with Crippen molar-refractivity contribution in [2.24, 2.45) is 4.99 Å². The first-order chi connectivity index (χ1) is 11.2. The van der Waals surface area contributed by atoms with Crippen LogP contribution < -0.4 is 20.7 Å². The summed E-state index contributed by atoms with van der Waals surface area (Å²) in [4.78, 5) is 16.3. The van der Waals surface area contributed by atoms with Gasteiger partial charge in [0.15, 0.2) is 5.96 Å². The van der Waals surface area contributed by atoms with Crippen molar-refractivity contribution in [1.82, 2.24) is 16.0 Å². The van der Waals surface area contributed by atoms with Crippen LogP contribution in [-0.2, 0) is 11.3 Å². The second-order valence-corrected chi connectivity index (χ2v) is 5.43. The number of hydrogen-bond donors (Lipinski definition) is 3. The van der Waals surface area contributed by atoms with E-state index in [2.05, 4.69) is 20.9 Å². The van der Waals surface area contributed by atoms with Crippen LogP contribution in [0.1, 0.15) is 32.3 Å². The minimum Gasteiger partial charge on any atom is -0.494 e. The maximum Gasteiger partial charge on any atom is 0.239 e. The second kappa shape index (κ2) is 9.02. The molecule has 1 aromatic rings. The van der Waals surface area contributed by atoms with Gasteiger partial charge in [-0.3, -0.25) is 4.79 Å². The molecule has 1 aliphatic carbocycles. The van der Waals surface area contributed by atoms with Crippen LogP contribution in [0.3, 0.4) is 0 Å². The molecule has 0 spiro atoms. The molecule has 0 atom stereocenters. The van der Waals surface area contributed by atoms with Crippen molar-refractivity contribution in [3.05, 3.63) is 29.8 Å². The molecule has 1 saturated carbocycles. The molecule has 126 valence electrons. The highest BCUT2D eigenvalue weighted by Gasteiger charge is 2.22. The summed E-state index contributed by atoms with van der Waals surface area (Å²) < 4.78 is 5.60. The zero-order chi connectivity index (χ0) is 16.5. The molecule has 23 heavy (non-hydrogen) atoms. The zero-order valence-electron chi connectivity index (χ0n) is 13.9. The van der Waals surface area contributed by atoms with E-state index < -0.39 is 0 Å². The van der Waals surface area contributed by atoms with Crippen LogP contribution in [0.2, 0.25) is 0 Å². The number of carbonyl (C=O) groups excluding carboxylic acids is 1. The summed E-state index contributed by atoms with van der Waals surface area (Å²) in [6.45, 7) is 6.05. The van der Waals surface area contributed by atoms with Gasteiger partial charge in [-0.05, 0) is 32.8 Å². The maximum atomic E-state index is 11.7. The van der Waals surface area contributed by atoms with Gasteiger partial charge in [-0.25, -0.2) is 4.99 Å². The molecule has 0 heterocycles. The van der Waals surface area contributed by atoms with Crippen LogP contribution >= 0.6 is 0 Å². The number of nitrogens with one attached hydrogen (secondary N) is 3. The average molecular weight is 318 g/mol. The standard InChI is InChI=1S/C17H26N4O2/c1-3-18-17(20-12-16(22)21-14-9-10-14)19-11-13-7-5-6-8-15(13)23-4-2/h5-8,14H,3-4,9-12H2,1-2H3,(H,21,22)(H2,18,19,20). The van der Waals surface area contributed by atoms with Crippen molar-refractivity contribution in [2.45, 2.75) is 39.3 Å². The smallest absolute Gasteiger partial charge is 0.239 e. The highest BCUT2D eigenvalue weighted by molar-refractivity contribution is 5.86. The Kier molecular flexibility index (Phi) is 6.72. The lowest BCUT2D eigenvalue weighted by atomic mass is 10.2. The fourth-order valence-electron chi connectivity index (χ4n) is 2.11. The number of guanidine groups is 1. The SMILES string of the molecule is CCNC(=NCc1ccccc1OCC)NCC(=O)NC1CC1. The normalized spacial score (nSPS) is 14.3. The Hall–Kier alpha value is -2.24. The minimum absolute atomic E-state index is 0.00724. The number of nitrogens with zero attached hydrogens (tertiary/aromatic N) is 1. The molecule has 0 saturated heterocycles. The Morgan fingerprint density at radius 1 is 1.26 bits per heavy atom. The molecule has 6 heteroatoms. The van der Waals surface area contributed by atoms with E-state index in [1.54, 1.807) is 0 Å². The van der Waals surface area contributed by atoms with Gasteiger partial charge in [0.1, 0.15) is 5.75 Å². The van der Waals surface area contributed by atoms with E-state index in [9.17, 15) is 4.79 Å². The summed E-state index contributed by atoms with van der Waals surface area (Å²) in [5, 5.41) is 9.15. The van der Waals surface area contributed by atoms with Crippen molar-refractivity contribution in [1.29, 1.82) is 0 Å². The molecular weight excluding hydrogens is 292 g/mol. The number of ether oxygens (including phenoxy) is 1. The molecule has 3 N–H and O–H groups in total. The molecule has 0 bridgehead atoms. The Bertz CT molecular complexity index is 541. The molecule has 1 amide bonds. The Morgan fingerprint density at radius 2 is 2.04 bits per heavy atom. The number of hydrogen-bond acceptors (Lipinski definition) is 3. The third kappa shape index (κ3) is 6.18.